The number of phenols is 1. The van der Waals surface area contributed by atoms with Gasteiger partial charge in [0.15, 0.2) is 28.9 Å². The number of Topliss-reactive ketones (excluding diaryl/α,β-unsaturated/α-hetero) is 1. The number of halogens is 4. The normalized spacial score (nSPS) is 24.6. The molecule has 13 heteroatoms. The lowest BCUT2D eigenvalue weighted by molar-refractivity contribution is -0.141. The number of phenolic OH excluding ortho intramolecular Hbond substituents is 1. The molecule has 2 heterocycles. The molecule has 0 unspecified atom stereocenters. The fourth-order valence-corrected chi connectivity index (χ4v) is 7.16. The van der Waals surface area contributed by atoms with Crippen LogP contribution in [0.25, 0.3) is 0 Å². The number of allylic oxidation sites excluding steroid dienone is 6. The second kappa shape index (κ2) is 10.9. The molecule has 3 aliphatic carbocycles. The zero-order valence-corrected chi connectivity index (χ0v) is 25.1. The molecule has 1 aromatic carbocycles. The van der Waals surface area contributed by atoms with Gasteiger partial charge in [-0.2, -0.15) is 18.2 Å². The Morgan fingerprint density at radius 2 is 1.84 bits per heavy atom. The Labute approximate surface area is 260 Å². The summed E-state index contributed by atoms with van der Waals surface area (Å²) in [5.74, 6) is -5.65. The summed E-state index contributed by atoms with van der Waals surface area (Å²) in [6.07, 6.45) is -1.56. The molecular weight excluding hydrogens is 615 g/mol. The number of aromatic nitrogens is 1. The molecule has 4 atom stereocenters. The van der Waals surface area contributed by atoms with Crippen molar-refractivity contribution in [2.75, 3.05) is 18.7 Å². The van der Waals surface area contributed by atoms with Crippen LogP contribution in [0.5, 0.6) is 11.5 Å². The minimum absolute atomic E-state index is 0.0180. The standard InChI is InChI=1S/C32H27ClF3N3O6/c1-4-45-23-12-15(5-9-21(23)40)25-16-6-7-17-26(18(16)13-19-27(25)22(41)11-14(2)28(19)42)31(44)39(30(17)43)38(3)29-20(33)8-10-24(37-29)32(34,35)36/h5-6,8-12,17-18,25-26,40H,4,7,13H2,1-3H3/t17-,18+,25-,26-/m0/s1. The summed E-state index contributed by atoms with van der Waals surface area (Å²) in [6, 6.07) is 6.34. The molecule has 0 spiro atoms. The van der Waals surface area contributed by atoms with Crippen LogP contribution in [0.3, 0.4) is 0 Å². The van der Waals surface area contributed by atoms with Crippen LogP contribution in [0.4, 0.5) is 19.0 Å². The number of pyridine rings is 1. The monoisotopic (exact) mass is 641 g/mol. The van der Waals surface area contributed by atoms with Crippen molar-refractivity contribution < 1.29 is 42.2 Å². The maximum atomic E-state index is 14.1. The molecule has 234 valence electrons. The zero-order valence-electron chi connectivity index (χ0n) is 24.3. The van der Waals surface area contributed by atoms with E-state index in [1.807, 2.05) is 0 Å². The highest BCUT2D eigenvalue weighted by Gasteiger charge is 2.57. The number of imide groups is 1. The summed E-state index contributed by atoms with van der Waals surface area (Å²) in [7, 11) is 1.24. The molecule has 0 radical (unpaired) electrons. The number of rotatable bonds is 5. The van der Waals surface area contributed by atoms with Crippen molar-refractivity contribution in [2.24, 2.45) is 17.8 Å². The van der Waals surface area contributed by atoms with E-state index in [0.717, 1.165) is 16.1 Å². The third-order valence-corrected chi connectivity index (χ3v) is 9.18. The first kappa shape index (κ1) is 30.6. The predicted molar refractivity (Wildman–Crippen MR) is 155 cm³/mol. The van der Waals surface area contributed by atoms with E-state index in [0.29, 0.717) is 17.2 Å². The summed E-state index contributed by atoms with van der Waals surface area (Å²) in [5.41, 5.74) is 0.737. The number of carbonyl (C=O) groups is 4. The molecule has 0 saturated carbocycles. The van der Waals surface area contributed by atoms with Gasteiger partial charge in [-0.25, -0.2) is 4.98 Å². The van der Waals surface area contributed by atoms with E-state index in [1.54, 1.807) is 25.1 Å². The number of anilines is 1. The highest BCUT2D eigenvalue weighted by molar-refractivity contribution is 6.33. The Balaban J connectivity index is 1.44. The van der Waals surface area contributed by atoms with Crippen molar-refractivity contribution in [1.29, 1.82) is 0 Å². The number of ether oxygens (including phenoxy) is 1. The van der Waals surface area contributed by atoms with Crippen LogP contribution >= 0.6 is 11.6 Å². The number of hydrogen-bond donors (Lipinski definition) is 1. The van der Waals surface area contributed by atoms with E-state index >= 15 is 0 Å². The molecule has 0 bridgehead atoms. The number of hydrogen-bond acceptors (Lipinski definition) is 8. The highest BCUT2D eigenvalue weighted by atomic mass is 35.5. The number of carbonyl (C=O) groups excluding carboxylic acids is 4. The van der Waals surface area contributed by atoms with E-state index in [4.69, 9.17) is 16.3 Å². The number of aromatic hydroxyl groups is 1. The number of alkyl halides is 3. The third-order valence-electron chi connectivity index (χ3n) is 8.88. The maximum Gasteiger partial charge on any atom is 0.433 e. The van der Waals surface area contributed by atoms with Crippen LogP contribution in [0, 0.1) is 17.8 Å². The van der Waals surface area contributed by atoms with Crippen LogP contribution in [0.1, 0.15) is 43.9 Å². The van der Waals surface area contributed by atoms with Crippen LogP contribution in [0.2, 0.25) is 5.02 Å². The van der Waals surface area contributed by atoms with Gasteiger partial charge >= 0.3 is 6.18 Å². The summed E-state index contributed by atoms with van der Waals surface area (Å²) in [6.45, 7) is 3.54. The zero-order chi connectivity index (χ0) is 32.5. The fourth-order valence-electron chi connectivity index (χ4n) is 6.93. The van der Waals surface area contributed by atoms with Crippen LogP contribution in [0.15, 0.2) is 64.8 Å². The van der Waals surface area contributed by atoms with Gasteiger partial charge in [0.25, 0.3) is 11.8 Å². The fraction of sp³-hybridized carbons (Fsp3) is 0.344. The molecule has 1 N–H and O–H groups in total. The second-order valence-electron chi connectivity index (χ2n) is 11.4. The van der Waals surface area contributed by atoms with E-state index < -0.39 is 53.2 Å². The van der Waals surface area contributed by atoms with Crippen LogP contribution in [-0.4, -0.2) is 52.1 Å². The summed E-state index contributed by atoms with van der Waals surface area (Å²) >= 11 is 6.19. The number of nitrogens with zero attached hydrogens (tertiary/aromatic N) is 3. The summed E-state index contributed by atoms with van der Waals surface area (Å²) in [5, 5.41) is 11.9. The Morgan fingerprint density at radius 3 is 2.53 bits per heavy atom. The molecule has 1 saturated heterocycles. The minimum atomic E-state index is -4.79. The third kappa shape index (κ3) is 4.82. The highest BCUT2D eigenvalue weighted by Crippen LogP contribution is 2.55. The molecule has 1 aromatic heterocycles. The maximum absolute atomic E-state index is 14.1. The van der Waals surface area contributed by atoms with Crippen molar-refractivity contribution in [2.45, 2.75) is 38.8 Å². The molecule has 45 heavy (non-hydrogen) atoms. The number of fused-ring (bicyclic) bond motifs is 3. The largest absolute Gasteiger partial charge is 0.504 e. The van der Waals surface area contributed by atoms with Gasteiger partial charge in [0.1, 0.15) is 5.69 Å². The lowest BCUT2D eigenvalue weighted by atomic mass is 9.59. The molecule has 2 amide bonds. The van der Waals surface area contributed by atoms with Crippen LogP contribution in [-0.2, 0) is 25.4 Å². The molecule has 1 fully saturated rings. The molecule has 4 aliphatic rings. The van der Waals surface area contributed by atoms with Gasteiger partial charge in [-0.1, -0.05) is 29.3 Å². The average molecular weight is 642 g/mol. The number of ketones is 2. The average Bonchev–Trinajstić information content (AvgIpc) is 3.25. The van der Waals surface area contributed by atoms with Gasteiger partial charge in [0, 0.05) is 29.7 Å². The van der Waals surface area contributed by atoms with E-state index in [9.17, 15) is 37.5 Å². The number of amides is 2. The Kier molecular flexibility index (Phi) is 7.38. The van der Waals surface area contributed by atoms with E-state index in [2.05, 4.69) is 4.98 Å². The van der Waals surface area contributed by atoms with Gasteiger partial charge in [0.2, 0.25) is 0 Å². The van der Waals surface area contributed by atoms with Crippen molar-refractivity contribution in [1.82, 2.24) is 9.99 Å². The van der Waals surface area contributed by atoms with Gasteiger partial charge in [-0.3, -0.25) is 24.2 Å². The summed E-state index contributed by atoms with van der Waals surface area (Å²) in [4.78, 5) is 58.4. The number of benzene rings is 1. The van der Waals surface area contributed by atoms with Gasteiger partial charge in [-0.15, -0.1) is 0 Å². The van der Waals surface area contributed by atoms with E-state index in [1.165, 1.54) is 26.1 Å². The van der Waals surface area contributed by atoms with Crippen molar-refractivity contribution >= 4 is 40.8 Å². The van der Waals surface area contributed by atoms with E-state index in [-0.39, 0.29) is 64.3 Å². The first-order valence-corrected chi connectivity index (χ1v) is 14.6. The summed E-state index contributed by atoms with van der Waals surface area (Å²) < 4.78 is 45.9. The van der Waals surface area contributed by atoms with Gasteiger partial charge < -0.3 is 9.84 Å². The second-order valence-corrected chi connectivity index (χ2v) is 11.8. The van der Waals surface area contributed by atoms with Gasteiger partial charge in [-0.05, 0) is 68.5 Å². The Bertz CT molecular complexity index is 1780. The number of hydrazine groups is 1. The SMILES string of the molecule is CCOc1cc([C@H]2C3=CC[C@@H]4C(=O)N(N(C)c5nc(C(F)(F)F)ccc5Cl)C(=O)[C@@H]4[C@@H]3CC3=C2C(=O)C=C(C)C3=O)ccc1O. The Morgan fingerprint density at radius 1 is 1.11 bits per heavy atom. The van der Waals surface area contributed by atoms with Crippen LogP contribution < -0.4 is 9.75 Å². The molecule has 6 rings (SSSR count). The van der Waals surface area contributed by atoms with Crippen molar-refractivity contribution in [3.8, 4) is 11.5 Å². The van der Waals surface area contributed by atoms with Crippen molar-refractivity contribution in [3.63, 3.8) is 0 Å². The molecule has 9 nitrogen and oxygen atoms in total. The lowest BCUT2D eigenvalue weighted by Crippen LogP contribution is -2.46. The first-order chi connectivity index (χ1) is 21.2. The smallest absolute Gasteiger partial charge is 0.433 e. The van der Waals surface area contributed by atoms with Crippen molar-refractivity contribution in [3.05, 3.63) is 81.1 Å². The first-order valence-electron chi connectivity index (χ1n) is 14.3. The molecule has 1 aliphatic heterocycles. The quantitative estimate of drug-likeness (QED) is 0.264. The molecular formula is C32H27ClF3N3O6. The van der Waals surface area contributed by atoms with Gasteiger partial charge in [0.05, 0.1) is 23.5 Å². The lowest BCUT2D eigenvalue weighted by Gasteiger charge is -2.42. The predicted octanol–water partition coefficient (Wildman–Crippen LogP) is 5.34. The topological polar surface area (TPSA) is 117 Å². The minimum Gasteiger partial charge on any atom is -0.504 e. The molecule has 2 aromatic rings. The Hall–Kier alpha value is -4.45.